The Hall–Kier alpha value is -1.06. The number of hydrogen-bond donors (Lipinski definition) is 0. The predicted molar refractivity (Wildman–Crippen MR) is 113 cm³/mol. The second-order valence-corrected chi connectivity index (χ2v) is 7.35. The Bertz CT molecular complexity index is 497. The molecule has 0 radical (unpaired) electrons. The molecule has 4 heteroatoms. The van der Waals surface area contributed by atoms with Crippen LogP contribution in [0.25, 0.3) is 0 Å². The summed E-state index contributed by atoms with van der Waals surface area (Å²) in [6.07, 6.45) is 3.24. The SMILES string of the molecule is CCCC(COC(=O)C(C)c1ccc(CC(C)C)cc1)N(CC)CC.Cl. The molecule has 0 saturated carbocycles. The van der Waals surface area contributed by atoms with Gasteiger partial charge >= 0.3 is 5.97 Å². The van der Waals surface area contributed by atoms with Crippen LogP contribution in [0, 0.1) is 5.92 Å². The van der Waals surface area contributed by atoms with Crippen molar-refractivity contribution in [3.63, 3.8) is 0 Å². The van der Waals surface area contributed by atoms with Gasteiger partial charge in [0, 0.05) is 6.04 Å². The van der Waals surface area contributed by atoms with E-state index in [2.05, 4.69) is 63.8 Å². The minimum absolute atomic E-state index is 0. The molecule has 1 aromatic carbocycles. The molecule has 26 heavy (non-hydrogen) atoms. The van der Waals surface area contributed by atoms with E-state index in [1.807, 2.05) is 6.92 Å². The van der Waals surface area contributed by atoms with Crippen molar-refractivity contribution in [1.82, 2.24) is 4.90 Å². The molecule has 0 aliphatic rings. The third-order valence-corrected chi connectivity index (χ3v) is 4.85. The molecule has 1 rings (SSSR count). The van der Waals surface area contributed by atoms with Crippen molar-refractivity contribution in [2.24, 2.45) is 5.92 Å². The fraction of sp³-hybridized carbons (Fsp3) is 0.682. The Morgan fingerprint density at radius 2 is 1.62 bits per heavy atom. The molecule has 0 heterocycles. The monoisotopic (exact) mass is 383 g/mol. The fourth-order valence-electron chi connectivity index (χ4n) is 3.30. The van der Waals surface area contributed by atoms with E-state index < -0.39 is 0 Å². The van der Waals surface area contributed by atoms with E-state index in [9.17, 15) is 4.79 Å². The minimum Gasteiger partial charge on any atom is -0.464 e. The molecule has 2 unspecified atom stereocenters. The Kier molecular flexibility index (Phi) is 12.6. The lowest BCUT2D eigenvalue weighted by Gasteiger charge is -2.29. The van der Waals surface area contributed by atoms with Crippen LogP contribution in [0.15, 0.2) is 24.3 Å². The largest absolute Gasteiger partial charge is 0.464 e. The molecule has 0 fully saturated rings. The molecule has 3 nitrogen and oxygen atoms in total. The van der Waals surface area contributed by atoms with Crippen LogP contribution in [0.2, 0.25) is 0 Å². The summed E-state index contributed by atoms with van der Waals surface area (Å²) in [4.78, 5) is 14.9. The second-order valence-electron chi connectivity index (χ2n) is 7.35. The highest BCUT2D eigenvalue weighted by Gasteiger charge is 2.21. The van der Waals surface area contributed by atoms with Crippen LogP contribution in [-0.2, 0) is 16.0 Å². The van der Waals surface area contributed by atoms with E-state index in [1.54, 1.807) is 0 Å². The summed E-state index contributed by atoms with van der Waals surface area (Å²) < 4.78 is 5.67. The van der Waals surface area contributed by atoms with Gasteiger partial charge in [-0.3, -0.25) is 9.69 Å². The van der Waals surface area contributed by atoms with Crippen molar-refractivity contribution in [3.05, 3.63) is 35.4 Å². The number of carbonyl (C=O) groups is 1. The van der Waals surface area contributed by atoms with Gasteiger partial charge < -0.3 is 4.74 Å². The quantitative estimate of drug-likeness (QED) is 0.475. The highest BCUT2D eigenvalue weighted by molar-refractivity contribution is 5.85. The highest BCUT2D eigenvalue weighted by atomic mass is 35.5. The summed E-state index contributed by atoms with van der Waals surface area (Å²) in [6.45, 7) is 15.4. The zero-order valence-corrected chi connectivity index (χ0v) is 18.3. The van der Waals surface area contributed by atoms with Crippen molar-refractivity contribution in [2.75, 3.05) is 19.7 Å². The average molecular weight is 384 g/mol. The van der Waals surface area contributed by atoms with E-state index in [0.717, 1.165) is 37.9 Å². The standard InChI is InChI=1S/C22H37NO2.ClH/c1-7-10-21(23(8-2)9-3)16-25-22(24)18(6)20-13-11-19(12-14-20)15-17(4)5;/h11-14,17-18,21H,7-10,15-16H2,1-6H3;1H. The summed E-state index contributed by atoms with van der Waals surface area (Å²) in [5, 5.41) is 0. The van der Waals surface area contributed by atoms with Gasteiger partial charge in [0.1, 0.15) is 6.61 Å². The van der Waals surface area contributed by atoms with E-state index in [-0.39, 0.29) is 24.3 Å². The van der Waals surface area contributed by atoms with E-state index in [0.29, 0.717) is 18.6 Å². The summed E-state index contributed by atoms with van der Waals surface area (Å²) >= 11 is 0. The first kappa shape index (κ1) is 24.9. The molecule has 0 aliphatic heterocycles. The number of benzene rings is 1. The Labute approximate surface area is 166 Å². The number of carbonyl (C=O) groups excluding carboxylic acids is 1. The highest BCUT2D eigenvalue weighted by Crippen LogP contribution is 2.19. The molecule has 0 aliphatic carbocycles. The van der Waals surface area contributed by atoms with Crippen molar-refractivity contribution < 1.29 is 9.53 Å². The minimum atomic E-state index is -0.216. The van der Waals surface area contributed by atoms with E-state index in [1.165, 1.54) is 5.56 Å². The second kappa shape index (κ2) is 13.2. The first-order valence-electron chi connectivity index (χ1n) is 9.92. The lowest BCUT2D eigenvalue weighted by Crippen LogP contribution is -2.39. The lowest BCUT2D eigenvalue weighted by atomic mass is 9.97. The van der Waals surface area contributed by atoms with Gasteiger partial charge in [0.05, 0.1) is 5.92 Å². The van der Waals surface area contributed by atoms with Crippen LogP contribution in [0.5, 0.6) is 0 Å². The van der Waals surface area contributed by atoms with Crippen molar-refractivity contribution >= 4 is 18.4 Å². The molecule has 0 amide bonds. The summed E-state index contributed by atoms with van der Waals surface area (Å²) in [5.74, 6) is 0.306. The van der Waals surface area contributed by atoms with Gasteiger partial charge in [0.25, 0.3) is 0 Å². The fourth-order valence-corrected chi connectivity index (χ4v) is 3.30. The average Bonchev–Trinajstić information content (AvgIpc) is 2.59. The third kappa shape index (κ3) is 8.09. The maximum atomic E-state index is 12.5. The normalized spacial score (nSPS) is 13.4. The molecule has 2 atom stereocenters. The summed E-state index contributed by atoms with van der Waals surface area (Å²) in [5.41, 5.74) is 2.36. The Morgan fingerprint density at radius 1 is 1.04 bits per heavy atom. The number of esters is 1. The van der Waals surface area contributed by atoms with Gasteiger partial charge in [-0.1, -0.05) is 65.3 Å². The predicted octanol–water partition coefficient (Wildman–Crippen LogP) is 5.46. The number of likely N-dealkylation sites (N-methyl/N-ethyl adjacent to an activating group) is 1. The lowest BCUT2D eigenvalue weighted by molar-refractivity contribution is -0.147. The van der Waals surface area contributed by atoms with Crippen molar-refractivity contribution in [3.8, 4) is 0 Å². The molecule has 0 saturated heterocycles. The van der Waals surface area contributed by atoms with Crippen LogP contribution in [0.3, 0.4) is 0 Å². The van der Waals surface area contributed by atoms with Crippen LogP contribution in [0.4, 0.5) is 0 Å². The van der Waals surface area contributed by atoms with E-state index >= 15 is 0 Å². The molecule has 0 bridgehead atoms. The summed E-state index contributed by atoms with van der Waals surface area (Å²) in [7, 11) is 0. The number of rotatable bonds is 11. The van der Waals surface area contributed by atoms with Crippen LogP contribution in [0.1, 0.15) is 71.4 Å². The maximum absolute atomic E-state index is 12.5. The molecule has 150 valence electrons. The molecule has 0 aromatic heterocycles. The maximum Gasteiger partial charge on any atom is 0.313 e. The van der Waals surface area contributed by atoms with Crippen LogP contribution < -0.4 is 0 Å². The molecule has 0 N–H and O–H groups in total. The van der Waals surface area contributed by atoms with E-state index in [4.69, 9.17) is 4.74 Å². The first-order valence-corrected chi connectivity index (χ1v) is 9.92. The third-order valence-electron chi connectivity index (χ3n) is 4.85. The number of nitrogens with zero attached hydrogens (tertiary/aromatic N) is 1. The van der Waals surface area contributed by atoms with Gasteiger partial charge in [0.2, 0.25) is 0 Å². The zero-order chi connectivity index (χ0) is 18.8. The van der Waals surface area contributed by atoms with Crippen molar-refractivity contribution in [2.45, 2.75) is 72.8 Å². The van der Waals surface area contributed by atoms with Gasteiger partial charge in [-0.25, -0.2) is 0 Å². The topological polar surface area (TPSA) is 29.5 Å². The zero-order valence-electron chi connectivity index (χ0n) is 17.5. The van der Waals surface area contributed by atoms with Crippen LogP contribution in [-0.4, -0.2) is 36.6 Å². The van der Waals surface area contributed by atoms with Gasteiger partial charge in [-0.05, 0) is 49.9 Å². The molecular formula is C22H38ClNO2. The van der Waals surface area contributed by atoms with Crippen molar-refractivity contribution in [1.29, 1.82) is 0 Å². The van der Waals surface area contributed by atoms with Gasteiger partial charge in [-0.15, -0.1) is 12.4 Å². The number of halogens is 1. The summed E-state index contributed by atoms with van der Waals surface area (Å²) in [6, 6.07) is 8.73. The van der Waals surface area contributed by atoms with Gasteiger partial charge in [-0.2, -0.15) is 0 Å². The number of ether oxygens (including phenoxy) is 1. The smallest absolute Gasteiger partial charge is 0.313 e. The molecular weight excluding hydrogens is 346 g/mol. The molecule has 0 spiro atoms. The number of hydrogen-bond acceptors (Lipinski definition) is 3. The Balaban J connectivity index is 0.00000625. The van der Waals surface area contributed by atoms with Gasteiger partial charge in [0.15, 0.2) is 0 Å². The molecule has 1 aromatic rings. The first-order chi connectivity index (χ1) is 11.9. The Morgan fingerprint density at radius 3 is 2.08 bits per heavy atom. The van der Waals surface area contributed by atoms with Crippen LogP contribution >= 0.6 is 12.4 Å².